The van der Waals surface area contributed by atoms with Gasteiger partial charge in [-0.3, -0.25) is 9.69 Å². The number of hydrogen-bond donors (Lipinski definition) is 2. The maximum atomic E-state index is 11.7. The van der Waals surface area contributed by atoms with Crippen LogP contribution in [0.4, 0.5) is 5.69 Å². The van der Waals surface area contributed by atoms with E-state index in [0.717, 1.165) is 13.0 Å². The van der Waals surface area contributed by atoms with Crippen molar-refractivity contribution < 1.29 is 4.79 Å². The molecule has 6 heteroatoms. The zero-order valence-electron chi connectivity index (χ0n) is 10.2. The third-order valence-electron chi connectivity index (χ3n) is 2.36. The lowest BCUT2D eigenvalue weighted by Crippen LogP contribution is -2.31. The predicted octanol–water partition coefficient (Wildman–Crippen LogP) is 2.21. The maximum Gasteiger partial charge on any atom is 0.238 e. The number of amides is 1. The summed E-state index contributed by atoms with van der Waals surface area (Å²) in [5, 5.41) is 3.65. The molecule has 0 unspecified atom stereocenters. The lowest BCUT2D eigenvalue weighted by Gasteiger charge is -2.15. The molecule has 0 radical (unpaired) electrons. The van der Waals surface area contributed by atoms with E-state index in [-0.39, 0.29) is 5.91 Å². The van der Waals surface area contributed by atoms with Gasteiger partial charge in [-0.25, -0.2) is 0 Å². The molecule has 0 heterocycles. The fraction of sp³-hybridized carbons (Fsp3) is 0.417. The Morgan fingerprint density at radius 2 is 2.11 bits per heavy atom. The zero-order chi connectivity index (χ0) is 13.5. The van der Waals surface area contributed by atoms with Gasteiger partial charge >= 0.3 is 0 Å². The van der Waals surface area contributed by atoms with Crippen molar-refractivity contribution in [2.45, 2.75) is 6.42 Å². The third kappa shape index (κ3) is 5.23. The first-order chi connectivity index (χ1) is 8.52. The molecule has 0 saturated heterocycles. The number of rotatable bonds is 6. The number of halogens is 2. The van der Waals surface area contributed by atoms with Gasteiger partial charge in [0.2, 0.25) is 5.91 Å². The fourth-order valence-electron chi connectivity index (χ4n) is 1.46. The Morgan fingerprint density at radius 3 is 2.72 bits per heavy atom. The monoisotopic (exact) mass is 289 g/mol. The van der Waals surface area contributed by atoms with E-state index in [0.29, 0.717) is 28.8 Å². The molecule has 0 saturated carbocycles. The summed E-state index contributed by atoms with van der Waals surface area (Å²) in [5.41, 5.74) is 6.05. The highest BCUT2D eigenvalue weighted by Gasteiger charge is 2.07. The van der Waals surface area contributed by atoms with E-state index < -0.39 is 0 Å². The summed E-state index contributed by atoms with van der Waals surface area (Å²) in [5.74, 6) is -0.0899. The van der Waals surface area contributed by atoms with Crippen LogP contribution in [0.5, 0.6) is 0 Å². The van der Waals surface area contributed by atoms with Crippen molar-refractivity contribution in [2.75, 3.05) is 32.0 Å². The molecule has 100 valence electrons. The summed E-state index contributed by atoms with van der Waals surface area (Å²) in [6.07, 6.45) is 0.872. The largest absolute Gasteiger partial charge is 0.330 e. The second-order valence-corrected chi connectivity index (χ2v) is 4.87. The Balaban J connectivity index is 2.46. The van der Waals surface area contributed by atoms with E-state index in [2.05, 4.69) is 5.32 Å². The lowest BCUT2D eigenvalue weighted by molar-refractivity contribution is -0.117. The Bertz CT molecular complexity index is 412. The van der Waals surface area contributed by atoms with E-state index in [9.17, 15) is 4.79 Å². The summed E-state index contributed by atoms with van der Waals surface area (Å²) in [6, 6.07) is 4.99. The second kappa shape index (κ2) is 7.59. The third-order valence-corrected chi connectivity index (χ3v) is 3.10. The first kappa shape index (κ1) is 15.2. The first-order valence-electron chi connectivity index (χ1n) is 5.66. The molecule has 0 aliphatic heterocycles. The van der Waals surface area contributed by atoms with Crippen molar-refractivity contribution in [1.29, 1.82) is 0 Å². The number of nitrogens with one attached hydrogen (secondary N) is 1. The smallest absolute Gasteiger partial charge is 0.238 e. The number of hydrogen-bond acceptors (Lipinski definition) is 3. The molecule has 0 atom stereocenters. The van der Waals surface area contributed by atoms with Gasteiger partial charge < -0.3 is 11.1 Å². The summed E-state index contributed by atoms with van der Waals surface area (Å²) in [4.78, 5) is 13.6. The average Bonchev–Trinajstić information content (AvgIpc) is 2.31. The Labute approximate surface area is 117 Å². The molecule has 0 spiro atoms. The van der Waals surface area contributed by atoms with Crippen LogP contribution >= 0.6 is 23.2 Å². The van der Waals surface area contributed by atoms with Gasteiger partial charge in [-0.1, -0.05) is 23.2 Å². The molecule has 1 aromatic carbocycles. The van der Waals surface area contributed by atoms with Gasteiger partial charge in [-0.05, 0) is 44.8 Å². The minimum atomic E-state index is -0.0899. The molecule has 0 fully saturated rings. The van der Waals surface area contributed by atoms with Gasteiger partial charge in [0.15, 0.2) is 0 Å². The highest BCUT2D eigenvalue weighted by molar-refractivity contribution is 6.42. The minimum absolute atomic E-state index is 0.0899. The summed E-state index contributed by atoms with van der Waals surface area (Å²) < 4.78 is 0. The molecule has 3 N–H and O–H groups in total. The molecule has 0 aromatic heterocycles. The highest BCUT2D eigenvalue weighted by Crippen LogP contribution is 2.24. The number of likely N-dealkylation sites (N-methyl/N-ethyl adjacent to an activating group) is 1. The summed E-state index contributed by atoms with van der Waals surface area (Å²) in [6.45, 7) is 1.74. The van der Waals surface area contributed by atoms with Gasteiger partial charge in [0.1, 0.15) is 0 Å². The number of anilines is 1. The predicted molar refractivity (Wildman–Crippen MR) is 76.3 cm³/mol. The zero-order valence-corrected chi connectivity index (χ0v) is 11.8. The second-order valence-electron chi connectivity index (χ2n) is 4.06. The van der Waals surface area contributed by atoms with Crippen LogP contribution in [0.3, 0.4) is 0 Å². The van der Waals surface area contributed by atoms with Crippen molar-refractivity contribution in [3.8, 4) is 0 Å². The average molecular weight is 290 g/mol. The molecule has 0 aliphatic carbocycles. The molecule has 4 nitrogen and oxygen atoms in total. The molecule has 18 heavy (non-hydrogen) atoms. The van der Waals surface area contributed by atoms with E-state index in [4.69, 9.17) is 28.9 Å². The minimum Gasteiger partial charge on any atom is -0.330 e. The van der Waals surface area contributed by atoms with Crippen molar-refractivity contribution in [3.63, 3.8) is 0 Å². The van der Waals surface area contributed by atoms with Crippen LogP contribution in [0.2, 0.25) is 10.0 Å². The standard InChI is InChI=1S/C12H17Cl2N3O/c1-17(6-2-5-15)8-12(18)16-9-3-4-10(13)11(14)7-9/h3-4,7H,2,5-6,8,15H2,1H3,(H,16,18). The van der Waals surface area contributed by atoms with Crippen LogP contribution in [0.1, 0.15) is 6.42 Å². The highest BCUT2D eigenvalue weighted by atomic mass is 35.5. The molecule has 0 bridgehead atoms. The van der Waals surface area contributed by atoms with Crippen molar-refractivity contribution in [1.82, 2.24) is 4.90 Å². The first-order valence-corrected chi connectivity index (χ1v) is 6.42. The van der Waals surface area contributed by atoms with Gasteiger partial charge in [-0.2, -0.15) is 0 Å². The van der Waals surface area contributed by atoms with Gasteiger partial charge in [0.05, 0.1) is 16.6 Å². The Kier molecular flexibility index (Phi) is 6.43. The lowest BCUT2D eigenvalue weighted by atomic mass is 10.3. The van der Waals surface area contributed by atoms with Crippen LogP contribution in [0.15, 0.2) is 18.2 Å². The topological polar surface area (TPSA) is 58.4 Å². The van der Waals surface area contributed by atoms with Crippen LogP contribution < -0.4 is 11.1 Å². The molecule has 1 amide bonds. The van der Waals surface area contributed by atoms with Crippen molar-refractivity contribution >= 4 is 34.8 Å². The molecular formula is C12H17Cl2N3O. The Morgan fingerprint density at radius 1 is 1.39 bits per heavy atom. The molecule has 1 aromatic rings. The van der Waals surface area contributed by atoms with Crippen LogP contribution in [-0.2, 0) is 4.79 Å². The van der Waals surface area contributed by atoms with Gasteiger partial charge in [-0.15, -0.1) is 0 Å². The molecule has 1 rings (SSSR count). The van der Waals surface area contributed by atoms with Gasteiger partial charge in [0.25, 0.3) is 0 Å². The van der Waals surface area contributed by atoms with E-state index in [1.807, 2.05) is 11.9 Å². The van der Waals surface area contributed by atoms with Crippen LogP contribution in [-0.4, -0.2) is 37.5 Å². The van der Waals surface area contributed by atoms with Crippen LogP contribution in [0, 0.1) is 0 Å². The quantitative estimate of drug-likeness (QED) is 0.844. The summed E-state index contributed by atoms with van der Waals surface area (Å²) in [7, 11) is 1.88. The molecular weight excluding hydrogens is 273 g/mol. The van der Waals surface area contributed by atoms with E-state index in [1.165, 1.54) is 0 Å². The molecule has 0 aliphatic rings. The number of benzene rings is 1. The SMILES string of the molecule is CN(CCCN)CC(=O)Nc1ccc(Cl)c(Cl)c1. The van der Waals surface area contributed by atoms with Gasteiger partial charge in [0, 0.05) is 5.69 Å². The fourth-order valence-corrected chi connectivity index (χ4v) is 1.76. The number of nitrogens with zero attached hydrogens (tertiary/aromatic N) is 1. The number of nitrogens with two attached hydrogens (primary N) is 1. The van der Waals surface area contributed by atoms with Crippen molar-refractivity contribution in [2.24, 2.45) is 5.73 Å². The number of carbonyl (C=O) groups excluding carboxylic acids is 1. The van der Waals surface area contributed by atoms with E-state index in [1.54, 1.807) is 18.2 Å². The maximum absolute atomic E-state index is 11.7. The normalized spacial score (nSPS) is 10.7. The van der Waals surface area contributed by atoms with E-state index >= 15 is 0 Å². The van der Waals surface area contributed by atoms with Crippen molar-refractivity contribution in [3.05, 3.63) is 28.2 Å². The number of carbonyl (C=O) groups is 1. The summed E-state index contributed by atoms with van der Waals surface area (Å²) >= 11 is 11.7. The Hall–Kier alpha value is -0.810. The van der Waals surface area contributed by atoms with Crippen LogP contribution in [0.25, 0.3) is 0 Å².